The van der Waals surface area contributed by atoms with Crippen molar-refractivity contribution < 1.29 is 4.79 Å². The van der Waals surface area contributed by atoms with Gasteiger partial charge in [0.15, 0.2) is 0 Å². The van der Waals surface area contributed by atoms with E-state index in [1.165, 1.54) is 12.3 Å². The molecule has 0 aliphatic rings. The van der Waals surface area contributed by atoms with Crippen LogP contribution in [0.4, 0.5) is 11.4 Å². The van der Waals surface area contributed by atoms with E-state index in [0.717, 1.165) is 0 Å². The van der Waals surface area contributed by atoms with Gasteiger partial charge in [0, 0.05) is 17.6 Å². The topological polar surface area (TPSA) is 64.9 Å². The third-order valence-electron chi connectivity index (χ3n) is 2.85. The fourth-order valence-electron chi connectivity index (χ4n) is 1.66. The maximum Gasteiger partial charge on any atom is 0.267 e. The van der Waals surface area contributed by atoms with Crippen molar-refractivity contribution in [2.75, 3.05) is 10.6 Å². The minimum atomic E-state index is -0.594. The van der Waals surface area contributed by atoms with Gasteiger partial charge in [-0.15, -0.1) is 0 Å². The minimum Gasteiger partial charge on any atom is -0.360 e. The summed E-state index contributed by atoms with van der Waals surface area (Å²) in [5.74, 6) is -0.594. The number of carbonyl (C=O) groups is 1. The first kappa shape index (κ1) is 18.4. The van der Waals surface area contributed by atoms with Gasteiger partial charge in [0.1, 0.15) is 11.6 Å². The summed E-state index contributed by atoms with van der Waals surface area (Å²) in [6.07, 6.45) is 1.27. The first-order valence-corrected chi connectivity index (χ1v) is 8.00. The molecule has 2 aromatic carbocycles. The number of rotatable bonds is 4. The molecule has 1 amide bonds. The Morgan fingerprint density at radius 3 is 2.00 bits per heavy atom. The van der Waals surface area contributed by atoms with E-state index >= 15 is 0 Å². The van der Waals surface area contributed by atoms with E-state index in [9.17, 15) is 4.79 Å². The van der Waals surface area contributed by atoms with Crippen LogP contribution >= 0.6 is 46.4 Å². The summed E-state index contributed by atoms with van der Waals surface area (Å²) in [7, 11) is 0. The summed E-state index contributed by atoms with van der Waals surface area (Å²) in [5.41, 5.74) is 0.872. The maximum absolute atomic E-state index is 12.1. The molecule has 24 heavy (non-hydrogen) atoms. The molecule has 0 aliphatic heterocycles. The number of halogens is 4. The first-order chi connectivity index (χ1) is 11.4. The molecule has 4 nitrogen and oxygen atoms in total. The van der Waals surface area contributed by atoms with Gasteiger partial charge in [0.25, 0.3) is 5.91 Å². The molecule has 2 N–H and O–H groups in total. The lowest BCUT2D eigenvalue weighted by Crippen LogP contribution is -2.14. The predicted octanol–water partition coefficient (Wildman–Crippen LogP) is 5.76. The second kappa shape index (κ2) is 8.27. The van der Waals surface area contributed by atoms with Crippen LogP contribution in [0, 0.1) is 11.3 Å². The molecule has 2 aromatic rings. The molecule has 0 spiro atoms. The van der Waals surface area contributed by atoms with Crippen LogP contribution in [0.3, 0.4) is 0 Å². The number of anilines is 2. The average molecular weight is 401 g/mol. The number of nitrogens with one attached hydrogen (secondary N) is 2. The number of nitriles is 1. The highest BCUT2D eigenvalue weighted by Gasteiger charge is 2.10. The maximum atomic E-state index is 12.1. The molecule has 0 radical (unpaired) electrons. The van der Waals surface area contributed by atoms with Gasteiger partial charge in [-0.2, -0.15) is 5.26 Å². The first-order valence-electron chi connectivity index (χ1n) is 6.49. The Morgan fingerprint density at radius 2 is 1.46 bits per heavy atom. The lowest BCUT2D eigenvalue weighted by Gasteiger charge is -2.07. The van der Waals surface area contributed by atoms with Crippen LogP contribution in [0.25, 0.3) is 0 Å². The molecule has 0 saturated heterocycles. The van der Waals surface area contributed by atoms with Crippen LogP contribution in [-0.4, -0.2) is 5.91 Å². The summed E-state index contributed by atoms with van der Waals surface area (Å²) in [5, 5.41) is 15.9. The van der Waals surface area contributed by atoms with Crippen molar-refractivity contribution in [2.45, 2.75) is 0 Å². The molecule has 122 valence electrons. The molecule has 0 aliphatic carbocycles. The van der Waals surface area contributed by atoms with Crippen molar-refractivity contribution in [1.82, 2.24) is 0 Å². The molecule has 0 aromatic heterocycles. The van der Waals surface area contributed by atoms with Crippen LogP contribution < -0.4 is 10.6 Å². The van der Waals surface area contributed by atoms with Crippen molar-refractivity contribution in [2.24, 2.45) is 0 Å². The summed E-state index contributed by atoms with van der Waals surface area (Å²) in [4.78, 5) is 12.1. The van der Waals surface area contributed by atoms with E-state index in [4.69, 9.17) is 51.7 Å². The molecular weight excluding hydrogens is 392 g/mol. The predicted molar refractivity (Wildman–Crippen MR) is 98.9 cm³/mol. The van der Waals surface area contributed by atoms with Gasteiger partial charge in [-0.3, -0.25) is 4.79 Å². The minimum absolute atomic E-state index is 0.132. The second-order valence-corrected chi connectivity index (χ2v) is 6.15. The molecule has 0 atom stereocenters. The zero-order valence-electron chi connectivity index (χ0n) is 11.9. The van der Waals surface area contributed by atoms with Crippen LogP contribution in [0.5, 0.6) is 0 Å². The summed E-state index contributed by atoms with van der Waals surface area (Å²) >= 11 is 23.4. The van der Waals surface area contributed by atoms with Crippen LogP contribution in [0.1, 0.15) is 0 Å². The third-order valence-corrected chi connectivity index (χ3v) is 4.32. The Hall–Kier alpha value is -1.90. The Labute approximate surface area is 158 Å². The highest BCUT2D eigenvalue weighted by atomic mass is 35.5. The molecular formula is C16H9Cl4N3O. The van der Waals surface area contributed by atoms with Gasteiger partial charge in [-0.1, -0.05) is 46.4 Å². The monoisotopic (exact) mass is 399 g/mol. The smallest absolute Gasteiger partial charge is 0.267 e. The Kier molecular flexibility index (Phi) is 6.36. The SMILES string of the molecule is N#C/C(=C/Nc1ccc(Cl)c(Cl)c1)C(=O)Nc1ccc(Cl)c(Cl)c1. The Bertz CT molecular complexity index is 859. The highest BCUT2D eigenvalue weighted by Crippen LogP contribution is 2.26. The van der Waals surface area contributed by atoms with Crippen molar-refractivity contribution >= 4 is 63.7 Å². The number of carbonyl (C=O) groups excluding carboxylic acids is 1. The summed E-state index contributed by atoms with van der Waals surface area (Å²) < 4.78 is 0. The molecule has 0 unspecified atom stereocenters. The van der Waals surface area contributed by atoms with Gasteiger partial charge < -0.3 is 10.6 Å². The molecule has 0 heterocycles. The van der Waals surface area contributed by atoms with E-state index < -0.39 is 5.91 Å². The molecule has 0 bridgehead atoms. The number of benzene rings is 2. The summed E-state index contributed by atoms with van der Waals surface area (Å²) in [6.45, 7) is 0. The van der Waals surface area contributed by atoms with E-state index in [1.807, 2.05) is 6.07 Å². The van der Waals surface area contributed by atoms with Crippen molar-refractivity contribution in [3.05, 3.63) is 68.3 Å². The quantitative estimate of drug-likeness (QED) is 0.506. The van der Waals surface area contributed by atoms with Gasteiger partial charge in [0.2, 0.25) is 0 Å². The Morgan fingerprint density at radius 1 is 0.917 bits per heavy atom. The number of hydrogen-bond donors (Lipinski definition) is 2. The standard InChI is InChI=1S/C16H9Cl4N3O/c17-12-3-1-10(5-14(12)19)22-8-9(7-21)16(24)23-11-2-4-13(18)15(20)6-11/h1-6,8,22H,(H,23,24)/b9-8-. The largest absolute Gasteiger partial charge is 0.360 e. The Balaban J connectivity index is 2.11. The van der Waals surface area contributed by atoms with E-state index in [0.29, 0.717) is 31.5 Å². The number of nitrogens with zero attached hydrogens (tertiary/aromatic N) is 1. The second-order valence-electron chi connectivity index (χ2n) is 4.53. The van der Waals surface area contributed by atoms with Crippen LogP contribution in [-0.2, 0) is 4.79 Å². The van der Waals surface area contributed by atoms with Crippen molar-refractivity contribution in [3.8, 4) is 6.07 Å². The summed E-state index contributed by atoms with van der Waals surface area (Å²) in [6, 6.07) is 11.3. The highest BCUT2D eigenvalue weighted by molar-refractivity contribution is 6.42. The van der Waals surface area contributed by atoms with Crippen LogP contribution in [0.15, 0.2) is 48.2 Å². The van der Waals surface area contributed by atoms with Gasteiger partial charge in [-0.05, 0) is 36.4 Å². The zero-order chi connectivity index (χ0) is 17.7. The fraction of sp³-hybridized carbons (Fsp3) is 0. The number of amides is 1. The lowest BCUT2D eigenvalue weighted by molar-refractivity contribution is -0.112. The van der Waals surface area contributed by atoms with Crippen molar-refractivity contribution in [1.29, 1.82) is 5.26 Å². The van der Waals surface area contributed by atoms with Crippen LogP contribution in [0.2, 0.25) is 20.1 Å². The number of hydrogen-bond acceptors (Lipinski definition) is 3. The molecule has 2 rings (SSSR count). The third kappa shape index (κ3) is 4.80. The normalized spacial score (nSPS) is 10.9. The fourth-order valence-corrected chi connectivity index (χ4v) is 2.26. The average Bonchev–Trinajstić information content (AvgIpc) is 2.55. The van der Waals surface area contributed by atoms with E-state index in [2.05, 4.69) is 10.6 Å². The van der Waals surface area contributed by atoms with Gasteiger partial charge in [0.05, 0.1) is 20.1 Å². The zero-order valence-corrected chi connectivity index (χ0v) is 14.9. The van der Waals surface area contributed by atoms with E-state index in [1.54, 1.807) is 30.3 Å². The molecule has 8 heteroatoms. The van der Waals surface area contributed by atoms with Gasteiger partial charge in [-0.25, -0.2) is 0 Å². The van der Waals surface area contributed by atoms with E-state index in [-0.39, 0.29) is 5.57 Å². The molecule has 0 saturated carbocycles. The van der Waals surface area contributed by atoms with Gasteiger partial charge >= 0.3 is 0 Å². The molecule has 0 fully saturated rings. The lowest BCUT2D eigenvalue weighted by atomic mass is 10.2. The van der Waals surface area contributed by atoms with Crippen molar-refractivity contribution in [3.63, 3.8) is 0 Å².